The maximum absolute atomic E-state index is 10.5. The average Bonchev–Trinajstić information content (AvgIpc) is 2.15. The van der Waals surface area contributed by atoms with Crippen LogP contribution in [0.25, 0.3) is 0 Å². The van der Waals surface area contributed by atoms with Crippen molar-refractivity contribution in [2.24, 2.45) is 23.2 Å². The maximum atomic E-state index is 10.5. The van der Waals surface area contributed by atoms with E-state index in [1.165, 1.54) is 0 Å². The number of urea groups is 2. The fourth-order valence-corrected chi connectivity index (χ4v) is 0.840. The average molecular weight is 220 g/mol. The highest BCUT2D eigenvalue weighted by molar-refractivity contribution is 5.71. The minimum Gasteiger partial charge on any atom is -0.372 e. The van der Waals surface area contributed by atoms with Crippen LogP contribution in [0.1, 0.15) is 12.8 Å². The second kappa shape index (κ2) is 6.01. The highest BCUT2D eigenvalue weighted by atomic mass is 16.3. The molecule has 0 spiro atoms. The van der Waals surface area contributed by atoms with Gasteiger partial charge in [-0.25, -0.2) is 26.3 Å². The van der Waals surface area contributed by atoms with Gasteiger partial charge in [0.05, 0.1) is 0 Å². The van der Waals surface area contributed by atoms with Crippen LogP contribution >= 0.6 is 0 Å². The summed E-state index contributed by atoms with van der Waals surface area (Å²) in [4.78, 5) is 21.0. The van der Waals surface area contributed by atoms with Crippen molar-refractivity contribution in [3.05, 3.63) is 0 Å². The third kappa shape index (κ3) is 5.00. The molecule has 15 heavy (non-hydrogen) atoms. The van der Waals surface area contributed by atoms with Gasteiger partial charge in [0.2, 0.25) is 0 Å². The van der Waals surface area contributed by atoms with Crippen LogP contribution in [0.4, 0.5) is 9.59 Å². The van der Waals surface area contributed by atoms with Crippen molar-refractivity contribution in [3.63, 3.8) is 0 Å². The van der Waals surface area contributed by atoms with Crippen molar-refractivity contribution in [2.45, 2.75) is 19.1 Å². The number of carbonyl (C=O) groups is 2. The zero-order valence-corrected chi connectivity index (χ0v) is 8.17. The molecule has 9 heteroatoms. The van der Waals surface area contributed by atoms with E-state index >= 15 is 0 Å². The summed E-state index contributed by atoms with van der Waals surface area (Å²) in [5.74, 6) is 10.3. The molecule has 0 aliphatic rings. The molecule has 4 amide bonds. The van der Waals surface area contributed by atoms with Gasteiger partial charge in [0.15, 0.2) is 0 Å². The number of rotatable bonds is 5. The van der Waals surface area contributed by atoms with Crippen LogP contribution in [-0.2, 0) is 0 Å². The highest BCUT2D eigenvalue weighted by Gasteiger charge is 2.15. The molecule has 0 aromatic carbocycles. The van der Waals surface area contributed by atoms with Gasteiger partial charge in [-0.2, -0.15) is 0 Å². The lowest BCUT2D eigenvalue weighted by molar-refractivity contribution is 0.0242. The van der Waals surface area contributed by atoms with Gasteiger partial charge in [0.1, 0.15) is 6.23 Å². The highest BCUT2D eigenvalue weighted by Crippen LogP contribution is 2.00. The Balaban J connectivity index is 3.77. The molecule has 0 heterocycles. The molecule has 0 saturated carbocycles. The Bertz CT molecular complexity index is 235. The molecule has 0 fully saturated rings. The smallest absolute Gasteiger partial charge is 0.331 e. The standard InChI is InChI=1S/C6H16N6O3/c7-5(14)11(9)3-1-2-4(13)12(10)6(8)15/h4,13H,1-3,9-10H2,(H2,7,14)(H2,8,15). The van der Waals surface area contributed by atoms with E-state index in [1.54, 1.807) is 0 Å². The van der Waals surface area contributed by atoms with Gasteiger partial charge in [-0.1, -0.05) is 0 Å². The van der Waals surface area contributed by atoms with Crippen LogP contribution in [0.2, 0.25) is 0 Å². The summed E-state index contributed by atoms with van der Waals surface area (Å²) >= 11 is 0. The predicted octanol–water partition coefficient (Wildman–Crippen LogP) is -2.41. The van der Waals surface area contributed by atoms with Gasteiger partial charge in [0.25, 0.3) is 0 Å². The Kier molecular flexibility index (Phi) is 5.37. The molecule has 1 atom stereocenters. The Hall–Kier alpha value is -1.58. The van der Waals surface area contributed by atoms with Gasteiger partial charge in [-0.05, 0) is 12.8 Å². The molecule has 0 aromatic rings. The molecule has 9 nitrogen and oxygen atoms in total. The van der Waals surface area contributed by atoms with Crippen LogP contribution in [-0.4, -0.2) is 40.0 Å². The lowest BCUT2D eigenvalue weighted by Gasteiger charge is -2.21. The van der Waals surface area contributed by atoms with Crippen LogP contribution in [0.3, 0.4) is 0 Å². The molecule has 0 bridgehead atoms. The summed E-state index contributed by atoms with van der Waals surface area (Å²) in [5.41, 5.74) is 9.66. The SMILES string of the molecule is NC(=O)N(N)CCCC(O)N(N)C(N)=O. The Morgan fingerprint density at radius 2 is 1.73 bits per heavy atom. The summed E-state index contributed by atoms with van der Waals surface area (Å²) < 4.78 is 0. The third-order valence-corrected chi connectivity index (χ3v) is 1.72. The van der Waals surface area contributed by atoms with Gasteiger partial charge >= 0.3 is 12.1 Å². The second-order valence-corrected chi connectivity index (χ2v) is 2.90. The molecule has 1 unspecified atom stereocenters. The lowest BCUT2D eigenvalue weighted by Crippen LogP contribution is -2.49. The Labute approximate surface area is 86.5 Å². The Morgan fingerprint density at radius 3 is 2.13 bits per heavy atom. The van der Waals surface area contributed by atoms with E-state index in [9.17, 15) is 14.7 Å². The van der Waals surface area contributed by atoms with Crippen LogP contribution in [0.15, 0.2) is 0 Å². The molecular formula is C6H16N6O3. The van der Waals surface area contributed by atoms with Gasteiger partial charge < -0.3 is 16.6 Å². The number of hydrazine groups is 2. The molecule has 9 N–H and O–H groups in total. The minimum atomic E-state index is -1.20. The van der Waals surface area contributed by atoms with Crippen molar-refractivity contribution < 1.29 is 14.7 Å². The van der Waals surface area contributed by atoms with Crippen molar-refractivity contribution in [3.8, 4) is 0 Å². The van der Waals surface area contributed by atoms with Crippen LogP contribution < -0.4 is 23.2 Å². The first kappa shape index (κ1) is 13.4. The number of hydrogen-bond acceptors (Lipinski definition) is 5. The van der Waals surface area contributed by atoms with Gasteiger partial charge in [-0.15, -0.1) is 0 Å². The molecule has 0 aliphatic carbocycles. The normalized spacial score (nSPS) is 11.9. The summed E-state index contributed by atoms with van der Waals surface area (Å²) in [6.07, 6.45) is -0.731. The zero-order chi connectivity index (χ0) is 12.0. The Morgan fingerprint density at radius 1 is 1.20 bits per heavy atom. The number of aliphatic hydroxyl groups is 1. The second-order valence-electron chi connectivity index (χ2n) is 2.90. The lowest BCUT2D eigenvalue weighted by atomic mass is 10.2. The quantitative estimate of drug-likeness (QED) is 0.150. The van der Waals surface area contributed by atoms with E-state index in [1.807, 2.05) is 0 Å². The molecule has 88 valence electrons. The van der Waals surface area contributed by atoms with Crippen molar-refractivity contribution in [1.82, 2.24) is 10.0 Å². The minimum absolute atomic E-state index is 0.139. The maximum Gasteiger partial charge on any atom is 0.331 e. The molecule has 0 radical (unpaired) electrons. The monoisotopic (exact) mass is 220 g/mol. The van der Waals surface area contributed by atoms with Crippen LogP contribution in [0.5, 0.6) is 0 Å². The fraction of sp³-hybridized carbons (Fsp3) is 0.667. The van der Waals surface area contributed by atoms with E-state index in [4.69, 9.17) is 23.2 Å². The number of aliphatic hydroxyl groups excluding tert-OH is 1. The predicted molar refractivity (Wildman–Crippen MR) is 51.3 cm³/mol. The number of hydrogen-bond donors (Lipinski definition) is 5. The fourth-order valence-electron chi connectivity index (χ4n) is 0.840. The molecule has 0 saturated heterocycles. The van der Waals surface area contributed by atoms with E-state index < -0.39 is 18.3 Å². The topological polar surface area (TPSA) is 165 Å². The number of nitrogens with two attached hydrogens (primary N) is 4. The van der Waals surface area contributed by atoms with E-state index in [0.717, 1.165) is 5.01 Å². The molecule has 0 rings (SSSR count). The van der Waals surface area contributed by atoms with E-state index in [2.05, 4.69) is 0 Å². The first-order chi connectivity index (χ1) is 6.86. The number of nitrogens with zero attached hydrogens (tertiary/aromatic N) is 2. The number of primary amides is 2. The van der Waals surface area contributed by atoms with Crippen molar-refractivity contribution in [2.75, 3.05) is 6.54 Å². The molecular weight excluding hydrogens is 204 g/mol. The molecule has 0 aliphatic heterocycles. The summed E-state index contributed by atoms with van der Waals surface area (Å²) in [6.45, 7) is 0.152. The first-order valence-corrected chi connectivity index (χ1v) is 4.19. The van der Waals surface area contributed by atoms with E-state index in [-0.39, 0.29) is 13.0 Å². The third-order valence-electron chi connectivity index (χ3n) is 1.72. The largest absolute Gasteiger partial charge is 0.372 e. The van der Waals surface area contributed by atoms with Gasteiger partial charge in [0, 0.05) is 6.54 Å². The number of amides is 4. The molecule has 0 aromatic heterocycles. The van der Waals surface area contributed by atoms with Crippen molar-refractivity contribution >= 4 is 12.1 Å². The van der Waals surface area contributed by atoms with Crippen molar-refractivity contribution in [1.29, 1.82) is 0 Å². The summed E-state index contributed by atoms with van der Waals surface area (Å²) in [6, 6.07) is -1.72. The summed E-state index contributed by atoms with van der Waals surface area (Å²) in [7, 11) is 0. The number of carbonyl (C=O) groups excluding carboxylic acids is 2. The first-order valence-electron chi connectivity index (χ1n) is 4.19. The van der Waals surface area contributed by atoms with Gasteiger partial charge in [-0.3, -0.25) is 5.01 Å². The summed E-state index contributed by atoms with van der Waals surface area (Å²) in [5, 5.41) is 10.5. The van der Waals surface area contributed by atoms with Crippen LogP contribution in [0, 0.1) is 0 Å². The zero-order valence-electron chi connectivity index (χ0n) is 8.17. The van der Waals surface area contributed by atoms with E-state index in [0.29, 0.717) is 11.4 Å².